The molecule has 0 unspecified atom stereocenters. The van der Waals surface area contributed by atoms with Crippen molar-refractivity contribution in [1.29, 1.82) is 0 Å². The van der Waals surface area contributed by atoms with Crippen LogP contribution in [0.5, 0.6) is 5.75 Å². The Kier molecular flexibility index (Phi) is 8.01. The number of carbonyl (C=O) groups excluding carboxylic acids is 1. The summed E-state index contributed by atoms with van der Waals surface area (Å²) < 4.78 is 35.0. The fraction of sp³-hybridized carbons (Fsp3) is 0.500. The maximum atomic E-state index is 12.7. The topological polar surface area (TPSA) is 112 Å². The molecule has 3 heterocycles. The number of halogens is 2. The predicted octanol–water partition coefficient (Wildman–Crippen LogP) is 4.16. The van der Waals surface area contributed by atoms with E-state index in [1.165, 1.54) is 29.2 Å². The molecule has 0 radical (unpaired) electrons. The van der Waals surface area contributed by atoms with Crippen LogP contribution in [0.3, 0.4) is 0 Å². The van der Waals surface area contributed by atoms with Crippen LogP contribution in [0.15, 0.2) is 22.6 Å². The molecule has 1 aliphatic heterocycles. The van der Waals surface area contributed by atoms with E-state index in [2.05, 4.69) is 25.0 Å². The second-order valence-corrected chi connectivity index (χ2v) is 9.29. The van der Waals surface area contributed by atoms with Crippen LogP contribution in [0.1, 0.15) is 47.7 Å². The molecule has 0 saturated carbocycles. The fourth-order valence-electron chi connectivity index (χ4n) is 3.02. The number of amides is 1. The Balaban J connectivity index is 1.77. The van der Waals surface area contributed by atoms with Crippen molar-refractivity contribution >= 4 is 40.0 Å². The molecule has 0 spiro atoms. The second kappa shape index (κ2) is 10.5. The number of aryl methyl sites for hydroxylation is 1. The lowest BCUT2D eigenvalue weighted by Crippen LogP contribution is -2.37. The third-order valence-corrected chi connectivity index (χ3v) is 6.74. The third kappa shape index (κ3) is 5.93. The summed E-state index contributed by atoms with van der Waals surface area (Å²) in [5, 5.41) is 5.60. The Morgan fingerprint density at radius 2 is 2.22 bits per heavy atom. The number of pyridine rings is 1. The first-order chi connectivity index (χ1) is 15.2. The minimum atomic E-state index is -2.96. The van der Waals surface area contributed by atoms with Gasteiger partial charge in [-0.1, -0.05) is 18.7 Å². The first-order valence-electron chi connectivity index (χ1n) is 10.0. The van der Waals surface area contributed by atoms with Gasteiger partial charge in [-0.2, -0.15) is 8.78 Å². The molecule has 0 saturated heterocycles. The SMILES string of the molecule is CC[C@H](C)OC[C@@]1(c2nc(NC(=O)c3ncc(OC(F)F)cc3C)cs2)CCSC(N)=N1. The first-order valence-corrected chi connectivity index (χ1v) is 11.9. The van der Waals surface area contributed by atoms with E-state index < -0.39 is 18.1 Å². The molecule has 12 heteroatoms. The summed E-state index contributed by atoms with van der Waals surface area (Å²) in [4.78, 5) is 25.9. The molecule has 0 aromatic carbocycles. The summed E-state index contributed by atoms with van der Waals surface area (Å²) in [6.07, 6.45) is 2.74. The number of hydrogen-bond acceptors (Lipinski definition) is 9. The molecule has 3 N–H and O–H groups in total. The number of aliphatic imine (C=N–C) groups is 1. The van der Waals surface area contributed by atoms with Crippen molar-refractivity contribution in [3.8, 4) is 5.75 Å². The lowest BCUT2D eigenvalue weighted by molar-refractivity contribution is -0.0501. The number of anilines is 1. The molecule has 0 fully saturated rings. The molecule has 3 rings (SSSR count). The number of thioether (sulfide) groups is 1. The Morgan fingerprint density at radius 1 is 1.44 bits per heavy atom. The fourth-order valence-corrected chi connectivity index (χ4v) is 4.82. The number of nitrogens with zero attached hydrogens (tertiary/aromatic N) is 3. The molecule has 1 amide bonds. The van der Waals surface area contributed by atoms with Crippen molar-refractivity contribution in [2.45, 2.75) is 51.9 Å². The minimum absolute atomic E-state index is 0.0723. The van der Waals surface area contributed by atoms with Gasteiger partial charge in [-0.3, -0.25) is 4.79 Å². The Bertz CT molecular complexity index is 988. The van der Waals surface area contributed by atoms with E-state index in [9.17, 15) is 13.6 Å². The molecular formula is C20H25F2N5O3S2. The van der Waals surface area contributed by atoms with Gasteiger partial charge in [0.2, 0.25) is 0 Å². The molecule has 2 atom stereocenters. The van der Waals surface area contributed by atoms with E-state index in [1.54, 1.807) is 12.3 Å². The number of aromatic nitrogens is 2. The highest BCUT2D eigenvalue weighted by Crippen LogP contribution is 2.38. The lowest BCUT2D eigenvalue weighted by Gasteiger charge is -2.32. The standard InChI is InChI=1S/C20H25F2N5O3S2/c1-4-12(3)29-10-20(5-6-31-19(23)27-20)17-26-14(9-32-17)25-16(28)15-11(2)7-13(8-24-15)30-18(21)22/h7-9,12,18H,4-6,10H2,1-3H3,(H2,23,27)(H,25,28)/t12-,20+/m0/s1. The van der Waals surface area contributed by atoms with Crippen LogP contribution in [-0.4, -0.2) is 46.1 Å². The Labute approximate surface area is 193 Å². The summed E-state index contributed by atoms with van der Waals surface area (Å²) in [6, 6.07) is 1.33. The first kappa shape index (κ1) is 24.3. The van der Waals surface area contributed by atoms with Crippen molar-refractivity contribution in [2.24, 2.45) is 10.7 Å². The maximum Gasteiger partial charge on any atom is 0.387 e. The maximum absolute atomic E-state index is 12.7. The highest BCUT2D eigenvalue weighted by molar-refractivity contribution is 8.13. The average Bonchev–Trinajstić information content (AvgIpc) is 3.20. The van der Waals surface area contributed by atoms with E-state index in [-0.39, 0.29) is 17.5 Å². The number of amidine groups is 1. The van der Waals surface area contributed by atoms with Gasteiger partial charge >= 0.3 is 6.61 Å². The van der Waals surface area contributed by atoms with Gasteiger partial charge in [0.15, 0.2) is 5.17 Å². The smallest absolute Gasteiger partial charge is 0.387 e. The van der Waals surface area contributed by atoms with Crippen LogP contribution < -0.4 is 15.8 Å². The van der Waals surface area contributed by atoms with E-state index in [0.717, 1.165) is 18.4 Å². The molecule has 32 heavy (non-hydrogen) atoms. The van der Waals surface area contributed by atoms with Crippen molar-refractivity contribution in [1.82, 2.24) is 9.97 Å². The van der Waals surface area contributed by atoms with Gasteiger partial charge in [0.05, 0.1) is 18.9 Å². The summed E-state index contributed by atoms with van der Waals surface area (Å²) in [6.45, 7) is 3.02. The largest absolute Gasteiger partial charge is 0.433 e. The van der Waals surface area contributed by atoms with Crippen LogP contribution >= 0.6 is 23.1 Å². The molecule has 0 aliphatic carbocycles. The highest BCUT2D eigenvalue weighted by atomic mass is 32.2. The third-order valence-electron chi connectivity index (χ3n) is 4.91. The van der Waals surface area contributed by atoms with Crippen LogP contribution in [0.2, 0.25) is 0 Å². The molecule has 2 aromatic rings. The van der Waals surface area contributed by atoms with E-state index in [4.69, 9.17) is 10.5 Å². The number of rotatable bonds is 9. The number of alkyl halides is 2. The molecule has 2 aromatic heterocycles. The second-order valence-electron chi connectivity index (χ2n) is 7.32. The Hall–Kier alpha value is -2.31. The van der Waals surface area contributed by atoms with Crippen LogP contribution in [0, 0.1) is 6.92 Å². The number of ether oxygens (including phenoxy) is 2. The highest BCUT2D eigenvalue weighted by Gasteiger charge is 2.38. The monoisotopic (exact) mass is 485 g/mol. The van der Waals surface area contributed by atoms with Crippen molar-refractivity contribution in [3.63, 3.8) is 0 Å². The van der Waals surface area contributed by atoms with Gasteiger partial charge in [0.1, 0.15) is 27.8 Å². The normalized spacial score (nSPS) is 19.5. The van der Waals surface area contributed by atoms with E-state index in [1.807, 2.05) is 13.8 Å². The van der Waals surface area contributed by atoms with Gasteiger partial charge in [0, 0.05) is 11.1 Å². The summed E-state index contributed by atoms with van der Waals surface area (Å²) in [5.74, 6) is 0.518. The zero-order valence-electron chi connectivity index (χ0n) is 17.9. The number of nitrogens with one attached hydrogen (secondary N) is 1. The van der Waals surface area contributed by atoms with Gasteiger partial charge in [-0.25, -0.2) is 15.0 Å². The van der Waals surface area contributed by atoms with Gasteiger partial charge in [-0.15, -0.1) is 11.3 Å². The molecule has 0 bridgehead atoms. The zero-order chi connectivity index (χ0) is 23.3. The molecular weight excluding hydrogens is 460 g/mol. The zero-order valence-corrected chi connectivity index (χ0v) is 19.6. The Morgan fingerprint density at radius 3 is 2.88 bits per heavy atom. The average molecular weight is 486 g/mol. The lowest BCUT2D eigenvalue weighted by atomic mass is 9.98. The number of carbonyl (C=O) groups is 1. The molecule has 174 valence electrons. The summed E-state index contributed by atoms with van der Waals surface area (Å²) in [7, 11) is 0. The minimum Gasteiger partial charge on any atom is -0.433 e. The van der Waals surface area contributed by atoms with Crippen molar-refractivity contribution in [2.75, 3.05) is 17.7 Å². The molecule has 1 aliphatic rings. The van der Waals surface area contributed by atoms with E-state index in [0.29, 0.717) is 34.6 Å². The number of thiazole rings is 1. The summed E-state index contributed by atoms with van der Waals surface area (Å²) in [5.41, 5.74) is 5.80. The van der Waals surface area contributed by atoms with Gasteiger partial charge in [0.25, 0.3) is 5.91 Å². The summed E-state index contributed by atoms with van der Waals surface area (Å²) >= 11 is 2.86. The van der Waals surface area contributed by atoms with Crippen LogP contribution in [0.25, 0.3) is 0 Å². The van der Waals surface area contributed by atoms with E-state index >= 15 is 0 Å². The van der Waals surface area contributed by atoms with Crippen LogP contribution in [0.4, 0.5) is 14.6 Å². The van der Waals surface area contributed by atoms with Crippen LogP contribution in [-0.2, 0) is 10.3 Å². The number of nitrogens with two attached hydrogens (primary N) is 1. The molecule has 8 nitrogen and oxygen atoms in total. The quantitative estimate of drug-likeness (QED) is 0.548. The van der Waals surface area contributed by atoms with Crippen molar-refractivity contribution < 1.29 is 23.0 Å². The number of hydrogen-bond donors (Lipinski definition) is 2. The van der Waals surface area contributed by atoms with Crippen molar-refractivity contribution in [3.05, 3.63) is 33.9 Å². The predicted molar refractivity (Wildman–Crippen MR) is 122 cm³/mol. The van der Waals surface area contributed by atoms with Gasteiger partial charge in [-0.05, 0) is 38.3 Å². The van der Waals surface area contributed by atoms with Gasteiger partial charge < -0.3 is 20.5 Å².